The number of carbonyl (C=O) groups excluding carboxylic acids is 2. The smallest absolute Gasteiger partial charge is 0.329 e. The summed E-state index contributed by atoms with van der Waals surface area (Å²) in [7, 11) is 0. The molecule has 0 bridgehead atoms. The Kier molecular flexibility index (Phi) is 7.86. The highest BCUT2D eigenvalue weighted by Crippen LogP contribution is 2.13. The Hall–Kier alpha value is -3.15. The van der Waals surface area contributed by atoms with E-state index in [4.69, 9.17) is 4.74 Å². The van der Waals surface area contributed by atoms with E-state index < -0.39 is 11.8 Å². The molecule has 0 aliphatic carbocycles. The van der Waals surface area contributed by atoms with Crippen LogP contribution in [0.5, 0.6) is 5.75 Å². The van der Waals surface area contributed by atoms with Gasteiger partial charge in [-0.25, -0.2) is 5.43 Å². The number of rotatable bonds is 8. The van der Waals surface area contributed by atoms with Crippen LogP contribution in [0.2, 0.25) is 0 Å². The van der Waals surface area contributed by atoms with Gasteiger partial charge in [0.2, 0.25) is 0 Å². The second-order valence-electron chi connectivity index (χ2n) is 5.65. The molecule has 6 nitrogen and oxygen atoms in total. The van der Waals surface area contributed by atoms with Crippen LogP contribution in [0.15, 0.2) is 59.7 Å². The highest BCUT2D eigenvalue weighted by molar-refractivity contribution is 6.35. The first kappa shape index (κ1) is 19.2. The highest BCUT2D eigenvalue weighted by Gasteiger charge is 2.10. The fourth-order valence-corrected chi connectivity index (χ4v) is 2.07. The van der Waals surface area contributed by atoms with E-state index in [9.17, 15) is 9.59 Å². The molecule has 0 fully saturated rings. The van der Waals surface area contributed by atoms with Crippen LogP contribution in [0.1, 0.15) is 30.9 Å². The molecule has 0 saturated carbocycles. The SMILES string of the molecule is CCCCNC(=O)C(=O)NN=Cc1ccc(OCc2ccccc2)cc1. The van der Waals surface area contributed by atoms with E-state index in [-0.39, 0.29) is 0 Å². The first-order chi connectivity index (χ1) is 12.7. The maximum absolute atomic E-state index is 11.5. The van der Waals surface area contributed by atoms with Crippen LogP contribution in [0.25, 0.3) is 0 Å². The lowest BCUT2D eigenvalue weighted by molar-refractivity contribution is -0.139. The number of ether oxygens (including phenoxy) is 1. The zero-order chi connectivity index (χ0) is 18.6. The molecule has 26 heavy (non-hydrogen) atoms. The number of carbonyl (C=O) groups is 2. The van der Waals surface area contributed by atoms with E-state index in [0.717, 1.165) is 29.7 Å². The van der Waals surface area contributed by atoms with Crippen LogP contribution in [0.4, 0.5) is 0 Å². The van der Waals surface area contributed by atoms with Gasteiger partial charge in [-0.1, -0.05) is 43.7 Å². The van der Waals surface area contributed by atoms with Crippen LogP contribution in [-0.2, 0) is 16.2 Å². The van der Waals surface area contributed by atoms with Crippen LogP contribution in [0.3, 0.4) is 0 Å². The number of benzene rings is 2. The first-order valence-electron chi connectivity index (χ1n) is 8.57. The largest absolute Gasteiger partial charge is 0.489 e. The van der Waals surface area contributed by atoms with Crippen molar-refractivity contribution >= 4 is 18.0 Å². The molecule has 0 heterocycles. The third kappa shape index (κ3) is 6.76. The van der Waals surface area contributed by atoms with E-state index in [2.05, 4.69) is 15.8 Å². The summed E-state index contributed by atoms with van der Waals surface area (Å²) < 4.78 is 5.70. The zero-order valence-corrected chi connectivity index (χ0v) is 14.8. The molecule has 6 heteroatoms. The van der Waals surface area contributed by atoms with E-state index in [1.54, 1.807) is 0 Å². The van der Waals surface area contributed by atoms with Crippen molar-refractivity contribution in [3.8, 4) is 5.75 Å². The summed E-state index contributed by atoms with van der Waals surface area (Å²) in [6.07, 6.45) is 3.25. The minimum atomic E-state index is -0.778. The Balaban J connectivity index is 1.76. The lowest BCUT2D eigenvalue weighted by Crippen LogP contribution is -2.38. The summed E-state index contributed by atoms with van der Waals surface area (Å²) >= 11 is 0. The van der Waals surface area contributed by atoms with Crippen molar-refractivity contribution in [3.05, 3.63) is 65.7 Å². The number of amides is 2. The molecule has 0 spiro atoms. The monoisotopic (exact) mass is 353 g/mol. The average molecular weight is 353 g/mol. The molecular formula is C20H23N3O3. The molecule has 0 unspecified atom stereocenters. The second kappa shape index (κ2) is 10.7. The molecule has 2 aromatic carbocycles. The van der Waals surface area contributed by atoms with Crippen molar-refractivity contribution in [2.24, 2.45) is 5.10 Å². The molecule has 0 radical (unpaired) electrons. The average Bonchev–Trinajstić information content (AvgIpc) is 2.68. The summed E-state index contributed by atoms with van der Waals surface area (Å²) in [5.74, 6) is -0.717. The molecule has 0 aromatic heterocycles. The van der Waals surface area contributed by atoms with Gasteiger partial charge in [0.1, 0.15) is 12.4 Å². The molecule has 0 saturated heterocycles. The van der Waals surface area contributed by atoms with Crippen LogP contribution < -0.4 is 15.5 Å². The predicted octanol–water partition coefficient (Wildman–Crippen LogP) is 2.63. The van der Waals surface area contributed by atoms with E-state index in [0.29, 0.717) is 13.2 Å². The maximum Gasteiger partial charge on any atom is 0.329 e. The Labute approximate surface area is 153 Å². The lowest BCUT2D eigenvalue weighted by Gasteiger charge is -2.06. The molecule has 2 N–H and O–H groups in total. The molecule has 0 aliphatic rings. The molecule has 136 valence electrons. The van der Waals surface area contributed by atoms with Gasteiger partial charge in [-0.3, -0.25) is 9.59 Å². The van der Waals surface area contributed by atoms with Gasteiger partial charge in [-0.2, -0.15) is 5.10 Å². The van der Waals surface area contributed by atoms with Crippen LogP contribution >= 0.6 is 0 Å². The van der Waals surface area contributed by atoms with Crippen molar-refractivity contribution in [2.75, 3.05) is 6.54 Å². The lowest BCUT2D eigenvalue weighted by atomic mass is 10.2. The van der Waals surface area contributed by atoms with Gasteiger partial charge in [0, 0.05) is 6.54 Å². The molecule has 0 aliphatic heterocycles. The Morgan fingerprint density at radius 1 is 1.04 bits per heavy atom. The highest BCUT2D eigenvalue weighted by atomic mass is 16.5. The van der Waals surface area contributed by atoms with Gasteiger partial charge in [0.15, 0.2) is 0 Å². The third-order valence-corrected chi connectivity index (χ3v) is 3.53. The van der Waals surface area contributed by atoms with Crippen molar-refractivity contribution in [1.29, 1.82) is 0 Å². The van der Waals surface area contributed by atoms with E-state index >= 15 is 0 Å². The third-order valence-electron chi connectivity index (χ3n) is 3.53. The van der Waals surface area contributed by atoms with Gasteiger partial charge < -0.3 is 10.1 Å². The minimum absolute atomic E-state index is 0.483. The number of nitrogens with one attached hydrogen (secondary N) is 2. The van der Waals surface area contributed by atoms with Crippen molar-refractivity contribution < 1.29 is 14.3 Å². The molecule has 0 atom stereocenters. The molecule has 2 amide bonds. The summed E-state index contributed by atoms with van der Waals surface area (Å²) in [5, 5.41) is 6.31. The molecule has 2 rings (SSSR count). The van der Waals surface area contributed by atoms with Gasteiger partial charge in [-0.05, 0) is 41.8 Å². The van der Waals surface area contributed by atoms with Crippen molar-refractivity contribution in [1.82, 2.24) is 10.7 Å². The number of hydrogen-bond acceptors (Lipinski definition) is 4. The quantitative estimate of drug-likeness (QED) is 0.331. The number of unbranched alkanes of at least 4 members (excludes halogenated alkanes) is 1. The summed E-state index contributed by atoms with van der Waals surface area (Å²) in [6.45, 7) is 2.99. The van der Waals surface area contributed by atoms with Crippen LogP contribution in [0, 0.1) is 0 Å². The number of hydrogen-bond donors (Lipinski definition) is 2. The Morgan fingerprint density at radius 2 is 1.77 bits per heavy atom. The Morgan fingerprint density at radius 3 is 2.46 bits per heavy atom. The molecule has 2 aromatic rings. The summed E-state index contributed by atoms with van der Waals surface area (Å²) in [4.78, 5) is 23.0. The summed E-state index contributed by atoms with van der Waals surface area (Å²) in [5.41, 5.74) is 4.08. The van der Waals surface area contributed by atoms with E-state index in [1.165, 1.54) is 6.21 Å². The van der Waals surface area contributed by atoms with Gasteiger partial charge in [0.05, 0.1) is 6.21 Å². The second-order valence-corrected chi connectivity index (χ2v) is 5.65. The standard InChI is InChI=1S/C20H23N3O3/c1-2-3-13-21-19(24)20(25)23-22-14-16-9-11-18(12-10-16)26-15-17-7-5-4-6-8-17/h4-12,14H,2-3,13,15H2,1H3,(H,21,24)(H,23,25). The normalized spacial score (nSPS) is 10.5. The van der Waals surface area contributed by atoms with E-state index in [1.807, 2.05) is 61.5 Å². The van der Waals surface area contributed by atoms with Crippen molar-refractivity contribution in [3.63, 3.8) is 0 Å². The fourth-order valence-electron chi connectivity index (χ4n) is 2.07. The number of nitrogens with zero attached hydrogens (tertiary/aromatic N) is 1. The minimum Gasteiger partial charge on any atom is -0.489 e. The predicted molar refractivity (Wildman–Crippen MR) is 101 cm³/mol. The van der Waals surface area contributed by atoms with Crippen LogP contribution in [-0.4, -0.2) is 24.6 Å². The first-order valence-corrected chi connectivity index (χ1v) is 8.57. The maximum atomic E-state index is 11.5. The van der Waals surface area contributed by atoms with Gasteiger partial charge in [-0.15, -0.1) is 0 Å². The number of hydrazone groups is 1. The summed E-state index contributed by atoms with van der Waals surface area (Å²) in [6, 6.07) is 17.2. The van der Waals surface area contributed by atoms with Crippen molar-refractivity contribution in [2.45, 2.75) is 26.4 Å². The fraction of sp³-hybridized carbons (Fsp3) is 0.250. The zero-order valence-electron chi connectivity index (χ0n) is 14.8. The topological polar surface area (TPSA) is 79.8 Å². The van der Waals surface area contributed by atoms with Gasteiger partial charge >= 0.3 is 11.8 Å². The van der Waals surface area contributed by atoms with Gasteiger partial charge in [0.25, 0.3) is 0 Å². The Bertz CT molecular complexity index is 728. The molecular weight excluding hydrogens is 330 g/mol.